The molecule has 0 aliphatic heterocycles. The van der Waals surface area contributed by atoms with Crippen LogP contribution in [-0.4, -0.2) is 63.9 Å². The van der Waals surface area contributed by atoms with Gasteiger partial charge in [-0.1, -0.05) is 31.5 Å². The molecule has 1 aliphatic rings. The number of para-hydroxylation sites is 1. The van der Waals surface area contributed by atoms with Crippen LogP contribution in [-0.2, 0) is 14.3 Å². The lowest BCUT2D eigenvalue weighted by Gasteiger charge is -2.43. The highest BCUT2D eigenvalue weighted by Gasteiger charge is 2.42. The SMILES string of the molecule is CCCCNC(=O)C(c1ccccc1O)N(C(=O)C(CO)NC(=O)OC(C)(C)C)C1CCC1. The van der Waals surface area contributed by atoms with Gasteiger partial charge in [-0.05, 0) is 52.5 Å². The molecule has 4 N–H and O–H groups in total. The summed E-state index contributed by atoms with van der Waals surface area (Å²) in [6.07, 6.45) is 3.08. The molecule has 3 amide bonds. The molecule has 1 aromatic rings. The normalized spacial score (nSPS) is 15.7. The number of phenolic OH excluding ortho intramolecular Hbond substituents is 1. The van der Waals surface area contributed by atoms with Crippen LogP contribution in [0.5, 0.6) is 5.75 Å². The van der Waals surface area contributed by atoms with Crippen LogP contribution in [0.15, 0.2) is 24.3 Å². The van der Waals surface area contributed by atoms with Crippen LogP contribution in [0.25, 0.3) is 0 Å². The number of nitrogens with zero attached hydrogens (tertiary/aromatic N) is 1. The van der Waals surface area contributed by atoms with Crippen molar-refractivity contribution in [1.82, 2.24) is 15.5 Å². The Bertz CT molecular complexity index is 819. The maximum Gasteiger partial charge on any atom is 0.408 e. The molecule has 9 nitrogen and oxygen atoms in total. The second kappa shape index (κ2) is 11.9. The van der Waals surface area contributed by atoms with Gasteiger partial charge in [0.1, 0.15) is 23.4 Å². The van der Waals surface area contributed by atoms with Crippen LogP contribution in [0.3, 0.4) is 0 Å². The van der Waals surface area contributed by atoms with Crippen molar-refractivity contribution in [1.29, 1.82) is 0 Å². The Morgan fingerprint density at radius 1 is 1.21 bits per heavy atom. The van der Waals surface area contributed by atoms with Gasteiger partial charge in [0.25, 0.3) is 0 Å². The van der Waals surface area contributed by atoms with E-state index in [1.54, 1.807) is 39.0 Å². The standard InChI is InChI=1S/C24H37N3O6/c1-5-6-14-25-21(30)20(17-12-7-8-13-19(17)29)27(16-10-9-11-16)22(31)18(15-28)26-23(32)33-24(2,3)4/h7-8,12-13,16,18,20,28-29H,5-6,9-11,14-15H2,1-4H3,(H,25,30)(H,26,32). The van der Waals surface area contributed by atoms with Crippen molar-refractivity contribution in [2.24, 2.45) is 0 Å². The van der Waals surface area contributed by atoms with Crippen LogP contribution in [0.4, 0.5) is 4.79 Å². The number of ether oxygens (including phenoxy) is 1. The number of benzene rings is 1. The summed E-state index contributed by atoms with van der Waals surface area (Å²) in [5, 5.41) is 25.7. The largest absolute Gasteiger partial charge is 0.508 e. The number of alkyl carbamates (subject to hydrolysis) is 1. The fourth-order valence-corrected chi connectivity index (χ4v) is 3.62. The number of hydrogen-bond donors (Lipinski definition) is 4. The number of carbonyl (C=O) groups excluding carboxylic acids is 3. The molecule has 0 bridgehead atoms. The summed E-state index contributed by atoms with van der Waals surface area (Å²) < 4.78 is 5.23. The topological polar surface area (TPSA) is 128 Å². The van der Waals surface area contributed by atoms with E-state index >= 15 is 0 Å². The van der Waals surface area contributed by atoms with Gasteiger partial charge in [0.05, 0.1) is 6.61 Å². The van der Waals surface area contributed by atoms with Crippen molar-refractivity contribution in [2.75, 3.05) is 13.2 Å². The lowest BCUT2D eigenvalue weighted by Crippen LogP contribution is -2.58. The first-order valence-electron chi connectivity index (χ1n) is 11.6. The molecule has 9 heteroatoms. The molecule has 0 spiro atoms. The van der Waals surface area contributed by atoms with Gasteiger partial charge in [0.15, 0.2) is 0 Å². The smallest absolute Gasteiger partial charge is 0.408 e. The number of phenols is 1. The molecule has 1 aliphatic carbocycles. The minimum Gasteiger partial charge on any atom is -0.508 e. The van der Waals surface area contributed by atoms with Gasteiger partial charge in [0, 0.05) is 18.2 Å². The van der Waals surface area contributed by atoms with E-state index in [1.165, 1.54) is 11.0 Å². The van der Waals surface area contributed by atoms with E-state index in [-0.39, 0.29) is 11.8 Å². The number of rotatable bonds is 10. The number of amides is 3. The van der Waals surface area contributed by atoms with Crippen molar-refractivity contribution >= 4 is 17.9 Å². The maximum absolute atomic E-state index is 13.6. The summed E-state index contributed by atoms with van der Waals surface area (Å²) in [6.45, 7) is 6.86. The summed E-state index contributed by atoms with van der Waals surface area (Å²) >= 11 is 0. The van der Waals surface area contributed by atoms with E-state index in [0.29, 0.717) is 24.9 Å². The molecule has 0 saturated heterocycles. The fourth-order valence-electron chi connectivity index (χ4n) is 3.62. The number of nitrogens with one attached hydrogen (secondary N) is 2. The molecule has 33 heavy (non-hydrogen) atoms. The highest BCUT2D eigenvalue weighted by Crippen LogP contribution is 2.36. The van der Waals surface area contributed by atoms with E-state index < -0.39 is 42.2 Å². The predicted octanol–water partition coefficient (Wildman–Crippen LogP) is 2.62. The van der Waals surface area contributed by atoms with Crippen molar-refractivity contribution in [3.05, 3.63) is 29.8 Å². The first-order valence-corrected chi connectivity index (χ1v) is 11.6. The highest BCUT2D eigenvalue weighted by atomic mass is 16.6. The van der Waals surface area contributed by atoms with Crippen LogP contribution < -0.4 is 10.6 Å². The summed E-state index contributed by atoms with van der Waals surface area (Å²) in [5.41, 5.74) is -0.487. The highest BCUT2D eigenvalue weighted by molar-refractivity contribution is 5.93. The molecule has 184 valence electrons. The van der Waals surface area contributed by atoms with Gasteiger partial charge in [0.2, 0.25) is 11.8 Å². The number of aromatic hydroxyl groups is 1. The number of hydrogen-bond acceptors (Lipinski definition) is 6. The average molecular weight is 464 g/mol. The van der Waals surface area contributed by atoms with E-state index in [2.05, 4.69) is 10.6 Å². The van der Waals surface area contributed by atoms with E-state index in [0.717, 1.165) is 19.3 Å². The number of aliphatic hydroxyl groups is 1. The third-order valence-corrected chi connectivity index (χ3v) is 5.48. The number of unbranched alkanes of at least 4 members (excludes halogenated alkanes) is 1. The van der Waals surface area contributed by atoms with Crippen LogP contribution in [0.1, 0.15) is 71.4 Å². The maximum atomic E-state index is 13.6. The lowest BCUT2D eigenvalue weighted by molar-refractivity contribution is -0.148. The average Bonchev–Trinajstić information content (AvgIpc) is 2.70. The molecular weight excluding hydrogens is 426 g/mol. The van der Waals surface area contributed by atoms with E-state index in [9.17, 15) is 24.6 Å². The molecule has 1 fully saturated rings. The zero-order valence-corrected chi connectivity index (χ0v) is 20.0. The monoisotopic (exact) mass is 463 g/mol. The second-order valence-corrected chi connectivity index (χ2v) is 9.32. The Balaban J connectivity index is 2.39. The Labute approximate surface area is 195 Å². The fraction of sp³-hybridized carbons (Fsp3) is 0.625. The molecule has 2 rings (SSSR count). The molecule has 0 aromatic heterocycles. The Kier molecular flexibility index (Phi) is 9.52. The predicted molar refractivity (Wildman–Crippen MR) is 123 cm³/mol. The summed E-state index contributed by atoms with van der Waals surface area (Å²) in [4.78, 5) is 40.6. The zero-order chi connectivity index (χ0) is 24.6. The lowest BCUT2D eigenvalue weighted by atomic mass is 9.88. The van der Waals surface area contributed by atoms with Gasteiger partial charge < -0.3 is 30.5 Å². The summed E-state index contributed by atoms with van der Waals surface area (Å²) in [7, 11) is 0. The first kappa shape index (κ1) is 26.4. The molecule has 0 radical (unpaired) electrons. The van der Waals surface area contributed by atoms with Crippen LogP contribution in [0.2, 0.25) is 0 Å². The molecule has 1 aromatic carbocycles. The third-order valence-electron chi connectivity index (χ3n) is 5.48. The minimum absolute atomic E-state index is 0.106. The van der Waals surface area contributed by atoms with Crippen LogP contribution >= 0.6 is 0 Å². The Hall–Kier alpha value is -2.81. The Morgan fingerprint density at radius 3 is 2.39 bits per heavy atom. The van der Waals surface area contributed by atoms with Gasteiger partial charge in [-0.25, -0.2) is 4.79 Å². The molecule has 1 saturated carbocycles. The quantitative estimate of drug-likeness (QED) is 0.395. The van der Waals surface area contributed by atoms with Crippen LogP contribution in [0, 0.1) is 0 Å². The number of aliphatic hydroxyl groups excluding tert-OH is 1. The van der Waals surface area contributed by atoms with E-state index in [1.807, 2.05) is 6.92 Å². The van der Waals surface area contributed by atoms with Gasteiger partial charge in [-0.2, -0.15) is 0 Å². The molecule has 2 unspecified atom stereocenters. The minimum atomic E-state index is -1.29. The van der Waals surface area contributed by atoms with Crippen molar-refractivity contribution in [2.45, 2.75) is 83.5 Å². The summed E-state index contributed by atoms with van der Waals surface area (Å²) in [5.74, 6) is -1.13. The van der Waals surface area contributed by atoms with Gasteiger partial charge in [-0.15, -0.1) is 0 Å². The third kappa shape index (κ3) is 7.35. The zero-order valence-electron chi connectivity index (χ0n) is 20.0. The molecular formula is C24H37N3O6. The van der Waals surface area contributed by atoms with Crippen molar-refractivity contribution in [3.63, 3.8) is 0 Å². The second-order valence-electron chi connectivity index (χ2n) is 9.32. The molecule has 2 atom stereocenters. The van der Waals surface area contributed by atoms with E-state index in [4.69, 9.17) is 4.74 Å². The van der Waals surface area contributed by atoms with Crippen molar-refractivity contribution in [3.8, 4) is 5.75 Å². The first-order chi connectivity index (χ1) is 15.6. The number of carbonyl (C=O) groups is 3. The Morgan fingerprint density at radius 2 is 1.88 bits per heavy atom. The van der Waals surface area contributed by atoms with Gasteiger partial charge in [-0.3, -0.25) is 9.59 Å². The van der Waals surface area contributed by atoms with Crippen molar-refractivity contribution < 1.29 is 29.3 Å². The molecule has 0 heterocycles. The summed E-state index contributed by atoms with van der Waals surface area (Å²) in [6, 6.07) is 3.75. The van der Waals surface area contributed by atoms with Gasteiger partial charge >= 0.3 is 6.09 Å².